The van der Waals surface area contributed by atoms with Crippen molar-refractivity contribution < 1.29 is 19.3 Å². The first-order valence-electron chi connectivity index (χ1n) is 8.37. The second-order valence-corrected chi connectivity index (χ2v) is 7.66. The van der Waals surface area contributed by atoms with Crippen molar-refractivity contribution in [2.75, 3.05) is 26.8 Å². The van der Waals surface area contributed by atoms with E-state index in [1.165, 1.54) is 11.7 Å². The lowest BCUT2D eigenvalue weighted by Gasteiger charge is -2.30. The Kier molecular flexibility index (Phi) is 4.01. The summed E-state index contributed by atoms with van der Waals surface area (Å²) in [5, 5.41) is 1.12. The number of hydrogen-bond donors (Lipinski definition) is 1. The number of nitrogens with one attached hydrogen (secondary N) is 1. The molecule has 1 unspecified atom stereocenters. The van der Waals surface area contributed by atoms with E-state index in [2.05, 4.69) is 6.07 Å². The van der Waals surface area contributed by atoms with E-state index >= 15 is 0 Å². The lowest BCUT2D eigenvalue weighted by Crippen LogP contribution is -3.15. The minimum Gasteiger partial charge on any atom is -0.317 e. The van der Waals surface area contributed by atoms with Crippen LogP contribution in [0.1, 0.15) is 23.8 Å². The first-order valence-corrected chi connectivity index (χ1v) is 9.19. The average molecular weight is 359 g/mol. The maximum Gasteiger partial charge on any atom is 0.338 e. The predicted octanol–water partition coefficient (Wildman–Crippen LogP) is 0.437. The van der Waals surface area contributed by atoms with Crippen molar-refractivity contribution >= 4 is 39.4 Å². The number of urea groups is 1. The summed E-state index contributed by atoms with van der Waals surface area (Å²) in [6.07, 6.45) is 2.07. The first-order chi connectivity index (χ1) is 12.0. The zero-order valence-corrected chi connectivity index (χ0v) is 14.7. The number of thiazole rings is 1. The highest BCUT2D eigenvalue weighted by Gasteiger charge is 2.44. The van der Waals surface area contributed by atoms with Crippen LogP contribution in [0.25, 0.3) is 10.2 Å². The summed E-state index contributed by atoms with van der Waals surface area (Å²) >= 11 is 1.72. The van der Waals surface area contributed by atoms with E-state index in [4.69, 9.17) is 4.98 Å². The summed E-state index contributed by atoms with van der Waals surface area (Å²) in [5.41, 5.74) is 1.02. The second kappa shape index (κ2) is 6.20. The molecule has 0 saturated carbocycles. The van der Waals surface area contributed by atoms with Crippen LogP contribution in [0.2, 0.25) is 0 Å². The SMILES string of the molecule is CN1C(=O)C(=O)N(C[NH+]2CCC[C@@H](c3nc4ccccc4s3)C2)C1=O. The normalized spacial score (nSPS) is 24.6. The number of likely N-dealkylation sites (tertiary alicyclic amines) is 1. The third-order valence-corrected chi connectivity index (χ3v) is 6.11. The molecule has 7 nitrogen and oxygen atoms in total. The molecule has 2 aliphatic rings. The number of para-hydroxylation sites is 1. The highest BCUT2D eigenvalue weighted by molar-refractivity contribution is 7.18. The molecule has 0 aliphatic carbocycles. The van der Waals surface area contributed by atoms with E-state index in [1.807, 2.05) is 18.2 Å². The molecule has 25 heavy (non-hydrogen) atoms. The molecule has 1 aromatic heterocycles. The van der Waals surface area contributed by atoms with Crippen molar-refractivity contribution in [3.63, 3.8) is 0 Å². The minimum absolute atomic E-state index is 0.245. The van der Waals surface area contributed by atoms with Gasteiger partial charge >= 0.3 is 17.8 Å². The van der Waals surface area contributed by atoms with Gasteiger partial charge in [0.2, 0.25) is 0 Å². The van der Waals surface area contributed by atoms with Crippen LogP contribution in [0.5, 0.6) is 0 Å². The van der Waals surface area contributed by atoms with Gasteiger partial charge in [-0.15, -0.1) is 11.3 Å². The van der Waals surface area contributed by atoms with Crippen LogP contribution in [0.15, 0.2) is 24.3 Å². The Morgan fingerprint density at radius 1 is 1.24 bits per heavy atom. The summed E-state index contributed by atoms with van der Waals surface area (Å²) in [5.74, 6) is -1.14. The fraction of sp³-hybridized carbons (Fsp3) is 0.412. The molecule has 3 heterocycles. The molecule has 4 amide bonds. The van der Waals surface area contributed by atoms with Crippen LogP contribution < -0.4 is 4.90 Å². The van der Waals surface area contributed by atoms with Crippen LogP contribution in [0.3, 0.4) is 0 Å². The van der Waals surface area contributed by atoms with Crippen molar-refractivity contribution in [1.29, 1.82) is 0 Å². The molecule has 0 bridgehead atoms. The van der Waals surface area contributed by atoms with Crippen molar-refractivity contribution in [1.82, 2.24) is 14.8 Å². The Bertz CT molecular complexity index is 831. The van der Waals surface area contributed by atoms with E-state index in [1.54, 1.807) is 11.3 Å². The third-order valence-electron chi connectivity index (χ3n) is 4.91. The topological polar surface area (TPSA) is 75.0 Å². The van der Waals surface area contributed by atoms with Crippen molar-refractivity contribution in [3.8, 4) is 0 Å². The Labute approximate surface area is 148 Å². The van der Waals surface area contributed by atoms with Crippen molar-refractivity contribution in [3.05, 3.63) is 29.3 Å². The van der Waals surface area contributed by atoms with Gasteiger partial charge in [0.25, 0.3) is 0 Å². The smallest absolute Gasteiger partial charge is 0.317 e. The van der Waals surface area contributed by atoms with E-state index in [-0.39, 0.29) is 6.67 Å². The molecular formula is C17H19N4O3S+. The third kappa shape index (κ3) is 2.81. The van der Waals surface area contributed by atoms with Gasteiger partial charge in [0, 0.05) is 7.05 Å². The van der Waals surface area contributed by atoms with Gasteiger partial charge in [-0.3, -0.25) is 14.5 Å². The molecule has 2 atom stereocenters. The summed E-state index contributed by atoms with van der Waals surface area (Å²) < 4.78 is 1.18. The maximum atomic E-state index is 12.1. The van der Waals surface area contributed by atoms with E-state index in [9.17, 15) is 14.4 Å². The number of benzene rings is 1. The molecule has 2 saturated heterocycles. The molecule has 4 rings (SSSR count). The summed E-state index contributed by atoms with van der Waals surface area (Å²) in [7, 11) is 1.35. The van der Waals surface area contributed by atoms with Crippen LogP contribution in [-0.4, -0.2) is 59.4 Å². The highest BCUT2D eigenvalue weighted by Crippen LogP contribution is 2.30. The first kappa shape index (κ1) is 16.2. The monoisotopic (exact) mass is 359 g/mol. The highest BCUT2D eigenvalue weighted by atomic mass is 32.1. The lowest BCUT2D eigenvalue weighted by molar-refractivity contribution is -0.913. The molecule has 1 aromatic carbocycles. The average Bonchev–Trinajstić information content (AvgIpc) is 3.14. The Morgan fingerprint density at radius 2 is 2.04 bits per heavy atom. The van der Waals surface area contributed by atoms with Crippen LogP contribution in [0, 0.1) is 0 Å². The molecule has 8 heteroatoms. The number of aromatic nitrogens is 1. The van der Waals surface area contributed by atoms with Crippen molar-refractivity contribution in [2.45, 2.75) is 18.8 Å². The van der Waals surface area contributed by atoms with Crippen LogP contribution in [0.4, 0.5) is 4.79 Å². The number of carbonyl (C=O) groups is 3. The van der Waals surface area contributed by atoms with Gasteiger partial charge in [-0.25, -0.2) is 14.7 Å². The fourth-order valence-electron chi connectivity index (χ4n) is 3.55. The van der Waals surface area contributed by atoms with Gasteiger partial charge in [0.1, 0.15) is 5.01 Å². The van der Waals surface area contributed by atoms with Crippen LogP contribution in [-0.2, 0) is 9.59 Å². The van der Waals surface area contributed by atoms with Gasteiger partial charge in [-0.05, 0) is 25.0 Å². The van der Waals surface area contributed by atoms with E-state index in [0.29, 0.717) is 5.92 Å². The summed E-state index contributed by atoms with van der Waals surface area (Å²) in [6.45, 7) is 1.94. The van der Waals surface area contributed by atoms with Gasteiger partial charge in [0.05, 0.1) is 29.2 Å². The number of fused-ring (bicyclic) bond motifs is 1. The molecule has 2 aromatic rings. The molecule has 2 fully saturated rings. The van der Waals surface area contributed by atoms with Gasteiger partial charge in [0.15, 0.2) is 6.67 Å². The van der Waals surface area contributed by atoms with Gasteiger partial charge in [-0.1, -0.05) is 12.1 Å². The van der Waals surface area contributed by atoms with E-state index in [0.717, 1.165) is 51.2 Å². The Hall–Kier alpha value is -2.32. The number of piperidine rings is 1. The summed E-state index contributed by atoms with van der Waals surface area (Å²) in [6, 6.07) is 7.58. The molecule has 0 spiro atoms. The quantitative estimate of drug-likeness (QED) is 0.637. The number of likely N-dealkylation sites (N-methyl/N-ethyl adjacent to an activating group) is 1. The number of quaternary nitrogens is 1. The number of hydrogen-bond acceptors (Lipinski definition) is 5. The number of rotatable bonds is 3. The predicted molar refractivity (Wildman–Crippen MR) is 92.2 cm³/mol. The Morgan fingerprint density at radius 3 is 2.76 bits per heavy atom. The van der Waals surface area contributed by atoms with Gasteiger partial charge < -0.3 is 4.90 Å². The molecule has 2 aliphatic heterocycles. The Balaban J connectivity index is 1.49. The fourth-order valence-corrected chi connectivity index (χ4v) is 4.65. The number of amides is 4. The zero-order valence-electron chi connectivity index (χ0n) is 13.9. The standard InChI is InChI=1S/C17H18N4O3S/c1-19-15(22)16(23)21(17(19)24)10-20-8-4-5-11(9-20)14-18-12-6-2-3-7-13(12)25-14/h2-3,6-7,11H,4-5,8-10H2,1H3/p+1/t11-/m1/s1. The minimum atomic E-state index is -0.746. The van der Waals surface area contributed by atoms with Crippen LogP contribution >= 0.6 is 11.3 Å². The van der Waals surface area contributed by atoms with Crippen molar-refractivity contribution in [2.24, 2.45) is 0 Å². The number of imide groups is 2. The molecule has 1 N–H and O–H groups in total. The number of nitrogens with zero attached hydrogens (tertiary/aromatic N) is 3. The zero-order chi connectivity index (χ0) is 17.6. The maximum absolute atomic E-state index is 12.1. The molecular weight excluding hydrogens is 340 g/mol. The summed E-state index contributed by atoms with van der Waals surface area (Å²) in [4.78, 5) is 43.5. The lowest BCUT2D eigenvalue weighted by atomic mass is 9.99. The second-order valence-electron chi connectivity index (χ2n) is 6.60. The van der Waals surface area contributed by atoms with E-state index < -0.39 is 17.8 Å². The molecule has 130 valence electrons. The largest absolute Gasteiger partial charge is 0.338 e. The number of carbonyl (C=O) groups excluding carboxylic acids is 3. The van der Waals surface area contributed by atoms with Gasteiger partial charge in [-0.2, -0.15) is 0 Å². The molecule has 0 radical (unpaired) electrons.